The number of carbonyl (C=O) groups is 1. The van der Waals surface area contributed by atoms with Gasteiger partial charge in [-0.05, 0) is 19.1 Å². The zero-order valence-corrected chi connectivity index (χ0v) is 13.3. The number of aromatic nitrogens is 1. The van der Waals surface area contributed by atoms with Gasteiger partial charge in [-0.25, -0.2) is 4.98 Å². The van der Waals surface area contributed by atoms with E-state index in [2.05, 4.69) is 4.98 Å². The minimum Gasteiger partial charge on any atom is -0.496 e. The first-order chi connectivity index (χ1) is 10.9. The molecular formula is C17H19NO5. The van der Waals surface area contributed by atoms with Gasteiger partial charge in [0.2, 0.25) is 5.88 Å². The van der Waals surface area contributed by atoms with Crippen molar-refractivity contribution in [3.8, 4) is 11.6 Å². The van der Waals surface area contributed by atoms with Crippen LogP contribution in [0.1, 0.15) is 19.4 Å². The number of methoxy groups -OCH3 is 1. The second-order valence-corrected chi connectivity index (χ2v) is 5.89. The molecule has 2 heterocycles. The van der Waals surface area contributed by atoms with Crippen molar-refractivity contribution in [1.82, 2.24) is 4.98 Å². The van der Waals surface area contributed by atoms with Crippen LogP contribution < -0.4 is 9.47 Å². The lowest BCUT2D eigenvalue weighted by molar-refractivity contribution is -0.153. The highest BCUT2D eigenvalue weighted by Gasteiger charge is 2.42. The summed E-state index contributed by atoms with van der Waals surface area (Å²) in [5.41, 5.74) is 0.270. The maximum Gasteiger partial charge on any atom is 0.302 e. The van der Waals surface area contributed by atoms with E-state index in [1.54, 1.807) is 14.0 Å². The van der Waals surface area contributed by atoms with E-state index in [-0.39, 0.29) is 6.61 Å². The molecule has 0 saturated carbocycles. The lowest BCUT2D eigenvalue weighted by Crippen LogP contribution is -2.46. The molecule has 1 aliphatic rings. The number of esters is 1. The first-order valence-corrected chi connectivity index (χ1v) is 7.40. The van der Waals surface area contributed by atoms with Crippen LogP contribution in [0.2, 0.25) is 0 Å². The number of aliphatic hydroxyl groups is 1. The molecule has 0 saturated heterocycles. The van der Waals surface area contributed by atoms with Gasteiger partial charge in [-0.3, -0.25) is 4.79 Å². The van der Waals surface area contributed by atoms with Crippen LogP contribution >= 0.6 is 0 Å². The van der Waals surface area contributed by atoms with Crippen molar-refractivity contribution in [3.05, 3.63) is 29.8 Å². The van der Waals surface area contributed by atoms with Crippen molar-refractivity contribution in [2.75, 3.05) is 13.7 Å². The Hall–Kier alpha value is -2.34. The summed E-state index contributed by atoms with van der Waals surface area (Å²) in [4.78, 5) is 15.5. The van der Waals surface area contributed by atoms with Crippen LogP contribution in [0.25, 0.3) is 10.9 Å². The number of hydrogen-bond donors (Lipinski definition) is 1. The topological polar surface area (TPSA) is 77.9 Å². The maximum atomic E-state index is 11.0. The summed E-state index contributed by atoms with van der Waals surface area (Å²) in [6, 6.07) is 7.63. The Balaban J connectivity index is 1.94. The number of benzene rings is 1. The summed E-state index contributed by atoms with van der Waals surface area (Å²) in [6.07, 6.45) is -0.125. The fourth-order valence-electron chi connectivity index (χ4n) is 2.76. The van der Waals surface area contributed by atoms with Crippen molar-refractivity contribution in [2.24, 2.45) is 0 Å². The summed E-state index contributed by atoms with van der Waals surface area (Å²) in [6.45, 7) is 2.75. The Morgan fingerprint density at radius 2 is 2.22 bits per heavy atom. The highest BCUT2D eigenvalue weighted by atomic mass is 16.6. The Bertz CT molecular complexity index is 756. The largest absolute Gasteiger partial charge is 0.496 e. The van der Waals surface area contributed by atoms with Gasteiger partial charge >= 0.3 is 5.97 Å². The third-order valence-corrected chi connectivity index (χ3v) is 4.01. The molecule has 6 heteroatoms. The zero-order chi connectivity index (χ0) is 16.6. The number of hydrogen-bond acceptors (Lipinski definition) is 6. The van der Waals surface area contributed by atoms with Crippen molar-refractivity contribution in [1.29, 1.82) is 0 Å². The van der Waals surface area contributed by atoms with E-state index in [9.17, 15) is 9.90 Å². The van der Waals surface area contributed by atoms with Crippen LogP contribution in [0.4, 0.5) is 0 Å². The first-order valence-electron chi connectivity index (χ1n) is 7.40. The SMILES string of the molecule is COc1c2c(nc3ccccc13)O[C@H]([C@](C)(O)COC(C)=O)C2. The van der Waals surface area contributed by atoms with Crippen LogP contribution in [-0.4, -0.2) is 41.5 Å². The monoisotopic (exact) mass is 317 g/mol. The molecule has 1 N–H and O–H groups in total. The quantitative estimate of drug-likeness (QED) is 0.867. The fraction of sp³-hybridized carbons (Fsp3) is 0.412. The molecule has 1 aromatic carbocycles. The van der Waals surface area contributed by atoms with Crippen molar-refractivity contribution in [3.63, 3.8) is 0 Å². The normalized spacial score (nSPS) is 18.9. The molecule has 0 radical (unpaired) electrons. The molecule has 0 fully saturated rings. The first kappa shape index (κ1) is 15.6. The molecule has 1 aliphatic heterocycles. The number of rotatable bonds is 4. The van der Waals surface area contributed by atoms with Gasteiger partial charge in [0.1, 0.15) is 24.1 Å². The molecule has 6 nitrogen and oxygen atoms in total. The van der Waals surface area contributed by atoms with Crippen LogP contribution in [0.15, 0.2) is 24.3 Å². The number of fused-ring (bicyclic) bond motifs is 2. The molecule has 3 rings (SSSR count). The minimum absolute atomic E-state index is 0.136. The molecule has 0 aliphatic carbocycles. The smallest absolute Gasteiger partial charge is 0.302 e. The predicted molar refractivity (Wildman–Crippen MR) is 83.7 cm³/mol. The van der Waals surface area contributed by atoms with Gasteiger partial charge in [0, 0.05) is 18.7 Å². The second-order valence-electron chi connectivity index (χ2n) is 5.89. The molecule has 122 valence electrons. The van der Waals surface area contributed by atoms with E-state index in [0.29, 0.717) is 18.1 Å². The average molecular weight is 317 g/mol. The van der Waals surface area contributed by atoms with E-state index in [1.165, 1.54) is 6.92 Å². The van der Waals surface area contributed by atoms with E-state index < -0.39 is 17.7 Å². The molecule has 2 atom stereocenters. The highest BCUT2D eigenvalue weighted by molar-refractivity contribution is 5.87. The molecule has 0 bridgehead atoms. The van der Waals surface area contributed by atoms with Crippen molar-refractivity contribution in [2.45, 2.75) is 32.0 Å². The molecular weight excluding hydrogens is 298 g/mol. The second kappa shape index (κ2) is 5.70. The van der Waals surface area contributed by atoms with Gasteiger partial charge in [0.05, 0.1) is 18.2 Å². The molecule has 0 amide bonds. The average Bonchev–Trinajstić information content (AvgIpc) is 2.95. The molecule has 2 aromatic rings. The summed E-state index contributed by atoms with van der Waals surface area (Å²) in [7, 11) is 1.60. The van der Waals surface area contributed by atoms with Crippen molar-refractivity contribution < 1.29 is 24.1 Å². The van der Waals surface area contributed by atoms with E-state index >= 15 is 0 Å². The van der Waals surface area contributed by atoms with Gasteiger partial charge in [-0.2, -0.15) is 0 Å². The van der Waals surface area contributed by atoms with Crippen LogP contribution in [0.3, 0.4) is 0 Å². The number of carbonyl (C=O) groups excluding carboxylic acids is 1. The van der Waals surface area contributed by atoms with Gasteiger partial charge < -0.3 is 19.3 Å². The van der Waals surface area contributed by atoms with Gasteiger partial charge in [0.25, 0.3) is 0 Å². The summed E-state index contributed by atoms with van der Waals surface area (Å²) < 4.78 is 16.3. The van der Waals surface area contributed by atoms with E-state index in [4.69, 9.17) is 14.2 Å². The highest BCUT2D eigenvalue weighted by Crippen LogP contribution is 2.41. The van der Waals surface area contributed by atoms with Gasteiger partial charge in [-0.1, -0.05) is 12.1 Å². The van der Waals surface area contributed by atoms with Crippen LogP contribution in [0.5, 0.6) is 11.6 Å². The predicted octanol–water partition coefficient (Wildman–Crippen LogP) is 1.86. The maximum absolute atomic E-state index is 11.0. The van der Waals surface area contributed by atoms with E-state index in [0.717, 1.165) is 16.5 Å². The number of ether oxygens (including phenoxy) is 3. The molecule has 1 aromatic heterocycles. The molecule has 0 spiro atoms. The number of pyridine rings is 1. The zero-order valence-electron chi connectivity index (χ0n) is 13.3. The Morgan fingerprint density at radius 1 is 1.48 bits per heavy atom. The van der Waals surface area contributed by atoms with Gasteiger partial charge in [0.15, 0.2) is 0 Å². The number of para-hydroxylation sites is 1. The Labute approximate surface area is 134 Å². The van der Waals surface area contributed by atoms with Crippen LogP contribution in [-0.2, 0) is 16.0 Å². The fourth-order valence-corrected chi connectivity index (χ4v) is 2.76. The van der Waals surface area contributed by atoms with E-state index in [1.807, 2.05) is 24.3 Å². The summed E-state index contributed by atoms with van der Waals surface area (Å²) in [5.74, 6) is 0.715. The Morgan fingerprint density at radius 3 is 2.91 bits per heavy atom. The van der Waals surface area contributed by atoms with Gasteiger partial charge in [-0.15, -0.1) is 0 Å². The third-order valence-electron chi connectivity index (χ3n) is 4.01. The molecule has 23 heavy (non-hydrogen) atoms. The third kappa shape index (κ3) is 2.82. The summed E-state index contributed by atoms with van der Waals surface area (Å²) >= 11 is 0. The standard InChI is InChI=1S/C17H19NO5/c1-10(19)22-9-17(2,20)14-8-12-15(21-3)11-6-4-5-7-13(11)18-16(12)23-14/h4-7,14,20H,8-9H2,1-3H3/t14-,17+/m0/s1. The van der Waals surface area contributed by atoms with Crippen molar-refractivity contribution >= 4 is 16.9 Å². The molecule has 0 unspecified atom stereocenters. The Kier molecular flexibility index (Phi) is 3.85. The summed E-state index contributed by atoms with van der Waals surface area (Å²) in [5, 5.41) is 11.5. The lowest BCUT2D eigenvalue weighted by Gasteiger charge is -2.28. The van der Waals surface area contributed by atoms with Crippen LogP contribution in [0, 0.1) is 0 Å². The number of nitrogens with zero attached hydrogens (tertiary/aromatic N) is 1. The lowest BCUT2D eigenvalue weighted by atomic mass is 9.95. The minimum atomic E-state index is -1.32.